The molecule has 1 heterocycles. The fourth-order valence-electron chi connectivity index (χ4n) is 3.41. The van der Waals surface area contributed by atoms with E-state index >= 15 is 0 Å². The number of hydrogen-bond donors (Lipinski definition) is 0. The molecule has 1 aliphatic carbocycles. The Morgan fingerprint density at radius 3 is 2.33 bits per heavy atom. The van der Waals surface area contributed by atoms with E-state index < -0.39 is 0 Å². The zero-order valence-electron chi connectivity index (χ0n) is 12.6. The molecule has 1 saturated heterocycles. The van der Waals surface area contributed by atoms with Gasteiger partial charge in [-0.25, -0.2) is 0 Å². The van der Waals surface area contributed by atoms with Gasteiger partial charge in [0, 0.05) is 38.3 Å². The SMILES string of the molecule is O=C(/C=C/c1ccccc1)N1CCN(C2CCCC2)CC1. The maximum Gasteiger partial charge on any atom is 0.246 e. The number of carbonyl (C=O) groups is 1. The van der Waals surface area contributed by atoms with E-state index in [4.69, 9.17) is 0 Å². The highest BCUT2D eigenvalue weighted by Gasteiger charge is 2.27. The van der Waals surface area contributed by atoms with E-state index in [1.165, 1.54) is 25.7 Å². The highest BCUT2D eigenvalue weighted by atomic mass is 16.2. The summed E-state index contributed by atoms with van der Waals surface area (Å²) in [4.78, 5) is 16.8. The van der Waals surface area contributed by atoms with Gasteiger partial charge in [0.05, 0.1) is 0 Å². The van der Waals surface area contributed by atoms with Crippen molar-refractivity contribution in [1.29, 1.82) is 0 Å². The van der Waals surface area contributed by atoms with E-state index in [1.807, 2.05) is 41.3 Å². The van der Waals surface area contributed by atoms with Crippen molar-refractivity contribution >= 4 is 12.0 Å². The van der Waals surface area contributed by atoms with Crippen LogP contribution >= 0.6 is 0 Å². The molecule has 2 fully saturated rings. The largest absolute Gasteiger partial charge is 0.337 e. The third-order valence-electron chi connectivity index (χ3n) is 4.68. The van der Waals surface area contributed by atoms with Gasteiger partial charge in [-0.15, -0.1) is 0 Å². The minimum Gasteiger partial charge on any atom is -0.337 e. The number of benzene rings is 1. The maximum atomic E-state index is 12.2. The minimum atomic E-state index is 0.143. The topological polar surface area (TPSA) is 23.6 Å². The quantitative estimate of drug-likeness (QED) is 0.797. The van der Waals surface area contributed by atoms with Crippen LogP contribution in [-0.2, 0) is 4.79 Å². The predicted molar refractivity (Wildman–Crippen MR) is 85.9 cm³/mol. The summed E-state index contributed by atoms with van der Waals surface area (Å²) in [5.74, 6) is 0.143. The van der Waals surface area contributed by atoms with Gasteiger partial charge in [-0.05, 0) is 24.5 Å². The van der Waals surface area contributed by atoms with Crippen molar-refractivity contribution in [1.82, 2.24) is 9.80 Å². The molecule has 0 unspecified atom stereocenters. The standard InChI is InChI=1S/C18H24N2O/c21-18(11-10-16-6-2-1-3-7-16)20-14-12-19(13-15-20)17-8-4-5-9-17/h1-3,6-7,10-11,17H,4-5,8-9,12-15H2/b11-10+. The molecule has 1 amide bonds. The van der Waals surface area contributed by atoms with Crippen molar-refractivity contribution < 1.29 is 4.79 Å². The lowest BCUT2D eigenvalue weighted by Crippen LogP contribution is -2.51. The fraction of sp³-hybridized carbons (Fsp3) is 0.500. The molecule has 0 N–H and O–H groups in total. The molecule has 1 aromatic rings. The van der Waals surface area contributed by atoms with Crippen LogP contribution in [0.2, 0.25) is 0 Å². The molecule has 1 aromatic carbocycles. The van der Waals surface area contributed by atoms with Crippen LogP contribution in [0.5, 0.6) is 0 Å². The summed E-state index contributed by atoms with van der Waals surface area (Å²) in [5.41, 5.74) is 1.08. The lowest BCUT2D eigenvalue weighted by Gasteiger charge is -2.37. The average molecular weight is 284 g/mol. The number of nitrogens with zero attached hydrogens (tertiary/aromatic N) is 2. The zero-order valence-corrected chi connectivity index (χ0v) is 12.6. The van der Waals surface area contributed by atoms with Crippen molar-refractivity contribution in [3.8, 4) is 0 Å². The highest BCUT2D eigenvalue weighted by Crippen LogP contribution is 2.24. The van der Waals surface area contributed by atoms with Crippen LogP contribution in [0.1, 0.15) is 31.2 Å². The second-order valence-corrected chi connectivity index (χ2v) is 6.04. The first-order chi connectivity index (χ1) is 10.3. The number of hydrogen-bond acceptors (Lipinski definition) is 2. The summed E-state index contributed by atoms with van der Waals surface area (Å²) in [6.07, 6.45) is 9.07. The lowest BCUT2D eigenvalue weighted by molar-refractivity contribution is -0.127. The molecule has 0 atom stereocenters. The van der Waals surface area contributed by atoms with Crippen LogP contribution in [0.15, 0.2) is 36.4 Å². The van der Waals surface area contributed by atoms with Crippen molar-refractivity contribution in [3.05, 3.63) is 42.0 Å². The molecule has 3 rings (SSSR count). The molecule has 0 aromatic heterocycles. The Bertz CT molecular complexity index is 483. The number of amides is 1. The molecule has 2 aliphatic rings. The molecular weight excluding hydrogens is 260 g/mol. The van der Waals surface area contributed by atoms with Gasteiger partial charge in [0.15, 0.2) is 0 Å². The van der Waals surface area contributed by atoms with E-state index in [2.05, 4.69) is 4.90 Å². The normalized spacial score (nSPS) is 21.2. The summed E-state index contributed by atoms with van der Waals surface area (Å²) < 4.78 is 0. The Kier molecular flexibility index (Phi) is 4.71. The van der Waals surface area contributed by atoms with Crippen LogP contribution in [0.25, 0.3) is 6.08 Å². The van der Waals surface area contributed by atoms with Gasteiger partial charge in [0.2, 0.25) is 5.91 Å². The molecule has 112 valence electrons. The van der Waals surface area contributed by atoms with Crippen LogP contribution in [0, 0.1) is 0 Å². The van der Waals surface area contributed by atoms with Gasteiger partial charge in [-0.3, -0.25) is 9.69 Å². The average Bonchev–Trinajstić information content (AvgIpc) is 3.08. The maximum absolute atomic E-state index is 12.2. The molecule has 3 nitrogen and oxygen atoms in total. The zero-order chi connectivity index (χ0) is 14.5. The molecule has 1 aliphatic heterocycles. The van der Waals surface area contributed by atoms with Crippen LogP contribution < -0.4 is 0 Å². The van der Waals surface area contributed by atoms with Crippen molar-refractivity contribution in [2.45, 2.75) is 31.7 Å². The van der Waals surface area contributed by atoms with Crippen molar-refractivity contribution in [3.63, 3.8) is 0 Å². The van der Waals surface area contributed by atoms with E-state index in [-0.39, 0.29) is 5.91 Å². The van der Waals surface area contributed by atoms with E-state index in [1.54, 1.807) is 6.08 Å². The molecule has 3 heteroatoms. The van der Waals surface area contributed by atoms with Crippen molar-refractivity contribution in [2.75, 3.05) is 26.2 Å². The Labute approximate surface area is 127 Å². The van der Waals surface area contributed by atoms with E-state index in [9.17, 15) is 4.79 Å². The van der Waals surface area contributed by atoms with Gasteiger partial charge in [-0.1, -0.05) is 43.2 Å². The molecule has 1 saturated carbocycles. The fourth-order valence-corrected chi connectivity index (χ4v) is 3.41. The molecule has 21 heavy (non-hydrogen) atoms. The Morgan fingerprint density at radius 2 is 1.67 bits per heavy atom. The first-order valence-electron chi connectivity index (χ1n) is 8.09. The Balaban J connectivity index is 1.49. The minimum absolute atomic E-state index is 0.143. The first-order valence-corrected chi connectivity index (χ1v) is 8.09. The summed E-state index contributed by atoms with van der Waals surface area (Å²) in [6.45, 7) is 3.81. The number of piperazine rings is 1. The Hall–Kier alpha value is -1.61. The summed E-state index contributed by atoms with van der Waals surface area (Å²) in [5, 5.41) is 0. The van der Waals surface area contributed by atoms with Gasteiger partial charge < -0.3 is 4.90 Å². The third-order valence-corrected chi connectivity index (χ3v) is 4.68. The second kappa shape index (κ2) is 6.90. The van der Waals surface area contributed by atoms with Gasteiger partial charge in [-0.2, -0.15) is 0 Å². The van der Waals surface area contributed by atoms with Gasteiger partial charge >= 0.3 is 0 Å². The first kappa shape index (κ1) is 14.3. The summed E-state index contributed by atoms with van der Waals surface area (Å²) in [6, 6.07) is 10.8. The van der Waals surface area contributed by atoms with Crippen LogP contribution in [0.3, 0.4) is 0 Å². The molecule has 0 spiro atoms. The third kappa shape index (κ3) is 3.73. The Morgan fingerprint density at radius 1 is 1.00 bits per heavy atom. The molecule has 0 radical (unpaired) electrons. The van der Waals surface area contributed by atoms with Crippen molar-refractivity contribution in [2.24, 2.45) is 0 Å². The molecule has 0 bridgehead atoms. The smallest absolute Gasteiger partial charge is 0.246 e. The van der Waals surface area contributed by atoms with E-state index in [0.29, 0.717) is 0 Å². The monoisotopic (exact) mass is 284 g/mol. The summed E-state index contributed by atoms with van der Waals surface area (Å²) in [7, 11) is 0. The highest BCUT2D eigenvalue weighted by molar-refractivity contribution is 5.91. The predicted octanol–water partition coefficient (Wildman–Crippen LogP) is 2.79. The number of carbonyl (C=O) groups excluding carboxylic acids is 1. The van der Waals surface area contributed by atoms with Crippen LogP contribution in [-0.4, -0.2) is 47.9 Å². The summed E-state index contributed by atoms with van der Waals surface area (Å²) >= 11 is 0. The van der Waals surface area contributed by atoms with Gasteiger partial charge in [0.1, 0.15) is 0 Å². The van der Waals surface area contributed by atoms with Crippen LogP contribution in [0.4, 0.5) is 0 Å². The second-order valence-electron chi connectivity index (χ2n) is 6.04. The molecular formula is C18H24N2O. The number of rotatable bonds is 3. The van der Waals surface area contributed by atoms with Gasteiger partial charge in [0.25, 0.3) is 0 Å². The lowest BCUT2D eigenvalue weighted by atomic mass is 10.1. The van der Waals surface area contributed by atoms with E-state index in [0.717, 1.165) is 37.8 Å².